The Hall–Kier alpha value is -3.28. The average Bonchev–Trinajstić information content (AvgIpc) is 2.68. The molecule has 1 aromatic heterocycles. The van der Waals surface area contributed by atoms with E-state index in [-0.39, 0.29) is 5.56 Å². The van der Waals surface area contributed by atoms with E-state index < -0.39 is 0 Å². The largest absolute Gasteiger partial charge is 0.497 e. The van der Waals surface area contributed by atoms with Crippen LogP contribution >= 0.6 is 0 Å². The monoisotopic (exact) mass is 350 g/mol. The fourth-order valence-corrected chi connectivity index (χ4v) is 2.69. The Bertz CT molecular complexity index is 982. The summed E-state index contributed by atoms with van der Waals surface area (Å²) in [5.74, 6) is 0.728. The lowest BCUT2D eigenvalue weighted by molar-refractivity contribution is 0.415. The SMILES string of the molecule is CCN(C)c1cc(-c2cccc(OC)c2)nn(-c2ccccc2N)c1=O. The minimum atomic E-state index is -0.209. The van der Waals surface area contributed by atoms with Crippen LogP contribution in [0.5, 0.6) is 5.75 Å². The van der Waals surface area contributed by atoms with Gasteiger partial charge < -0.3 is 15.4 Å². The molecule has 0 saturated heterocycles. The normalized spacial score (nSPS) is 10.6. The Labute approximate surface area is 152 Å². The van der Waals surface area contributed by atoms with Crippen molar-refractivity contribution >= 4 is 11.4 Å². The van der Waals surface area contributed by atoms with Crippen LogP contribution in [0.25, 0.3) is 16.9 Å². The van der Waals surface area contributed by atoms with Crippen LogP contribution in [-0.4, -0.2) is 30.5 Å². The first-order chi connectivity index (χ1) is 12.5. The van der Waals surface area contributed by atoms with E-state index in [0.717, 1.165) is 11.3 Å². The number of para-hydroxylation sites is 2. The van der Waals surface area contributed by atoms with Crippen LogP contribution in [0.1, 0.15) is 6.92 Å². The van der Waals surface area contributed by atoms with Gasteiger partial charge in [0.2, 0.25) is 0 Å². The molecule has 0 saturated carbocycles. The zero-order chi connectivity index (χ0) is 18.7. The molecule has 0 aliphatic carbocycles. The first-order valence-corrected chi connectivity index (χ1v) is 8.40. The van der Waals surface area contributed by atoms with Crippen molar-refractivity contribution in [2.24, 2.45) is 0 Å². The molecule has 0 atom stereocenters. The van der Waals surface area contributed by atoms with Crippen molar-refractivity contribution in [2.45, 2.75) is 6.92 Å². The van der Waals surface area contributed by atoms with E-state index >= 15 is 0 Å². The third-order valence-electron chi connectivity index (χ3n) is 4.31. The van der Waals surface area contributed by atoms with Gasteiger partial charge in [-0.3, -0.25) is 4.79 Å². The van der Waals surface area contributed by atoms with Crippen LogP contribution in [0, 0.1) is 0 Å². The molecule has 3 aromatic rings. The summed E-state index contributed by atoms with van der Waals surface area (Å²) in [6.45, 7) is 2.69. The van der Waals surface area contributed by atoms with Crippen molar-refractivity contribution < 1.29 is 4.74 Å². The van der Waals surface area contributed by atoms with Gasteiger partial charge >= 0.3 is 0 Å². The van der Waals surface area contributed by atoms with E-state index in [2.05, 4.69) is 5.10 Å². The van der Waals surface area contributed by atoms with Crippen LogP contribution in [0.15, 0.2) is 59.4 Å². The van der Waals surface area contributed by atoms with E-state index in [0.29, 0.717) is 29.3 Å². The molecule has 0 spiro atoms. The number of methoxy groups -OCH3 is 1. The van der Waals surface area contributed by atoms with Gasteiger partial charge in [-0.25, -0.2) is 0 Å². The number of rotatable bonds is 5. The standard InChI is InChI=1S/C20H22N4O2/c1-4-23(2)19-13-17(14-8-7-9-15(12-14)26-3)22-24(20(19)25)18-11-6-5-10-16(18)21/h5-13H,4,21H2,1-3H3. The molecule has 26 heavy (non-hydrogen) atoms. The lowest BCUT2D eigenvalue weighted by Gasteiger charge is -2.19. The third kappa shape index (κ3) is 3.26. The molecule has 0 radical (unpaired) electrons. The average molecular weight is 350 g/mol. The molecule has 6 nitrogen and oxygen atoms in total. The number of nitrogens with zero attached hydrogens (tertiary/aromatic N) is 3. The van der Waals surface area contributed by atoms with E-state index in [1.165, 1.54) is 4.68 Å². The summed E-state index contributed by atoms with van der Waals surface area (Å²) < 4.78 is 6.67. The van der Waals surface area contributed by atoms with Gasteiger partial charge in [-0.05, 0) is 37.3 Å². The number of benzene rings is 2. The predicted octanol–water partition coefficient (Wildman–Crippen LogP) is 2.95. The number of nitrogen functional groups attached to an aromatic ring is 1. The molecule has 0 aliphatic heterocycles. The van der Waals surface area contributed by atoms with Gasteiger partial charge in [-0.2, -0.15) is 9.78 Å². The summed E-state index contributed by atoms with van der Waals surface area (Å²) in [6, 6.07) is 16.6. The summed E-state index contributed by atoms with van der Waals surface area (Å²) >= 11 is 0. The fourth-order valence-electron chi connectivity index (χ4n) is 2.69. The molecule has 0 amide bonds. The number of anilines is 2. The second-order valence-corrected chi connectivity index (χ2v) is 5.94. The van der Waals surface area contributed by atoms with Gasteiger partial charge in [-0.15, -0.1) is 0 Å². The highest BCUT2D eigenvalue weighted by Gasteiger charge is 2.15. The maximum Gasteiger partial charge on any atom is 0.295 e. The smallest absolute Gasteiger partial charge is 0.295 e. The Morgan fingerprint density at radius 2 is 1.92 bits per heavy atom. The lowest BCUT2D eigenvalue weighted by atomic mass is 10.1. The van der Waals surface area contributed by atoms with Crippen molar-refractivity contribution in [3.8, 4) is 22.7 Å². The lowest BCUT2D eigenvalue weighted by Crippen LogP contribution is -2.30. The van der Waals surface area contributed by atoms with Crippen LogP contribution in [0.4, 0.5) is 11.4 Å². The minimum absolute atomic E-state index is 0.209. The summed E-state index contributed by atoms with van der Waals surface area (Å²) in [5, 5.41) is 4.57. The molecule has 2 N–H and O–H groups in total. The maximum atomic E-state index is 13.0. The molecule has 6 heteroatoms. The topological polar surface area (TPSA) is 73.4 Å². The quantitative estimate of drug-likeness (QED) is 0.716. The Kier molecular flexibility index (Phi) is 4.93. The summed E-state index contributed by atoms with van der Waals surface area (Å²) in [6.07, 6.45) is 0. The number of hydrogen-bond acceptors (Lipinski definition) is 5. The number of hydrogen-bond donors (Lipinski definition) is 1. The van der Waals surface area contributed by atoms with Gasteiger partial charge in [-0.1, -0.05) is 24.3 Å². The molecular formula is C20H22N4O2. The fraction of sp³-hybridized carbons (Fsp3) is 0.200. The van der Waals surface area contributed by atoms with Crippen molar-refractivity contribution in [1.29, 1.82) is 0 Å². The minimum Gasteiger partial charge on any atom is -0.497 e. The van der Waals surface area contributed by atoms with Crippen LogP contribution in [0.2, 0.25) is 0 Å². The summed E-state index contributed by atoms with van der Waals surface area (Å²) in [4.78, 5) is 14.9. The molecule has 0 fully saturated rings. The Morgan fingerprint density at radius 1 is 1.15 bits per heavy atom. The molecular weight excluding hydrogens is 328 g/mol. The van der Waals surface area contributed by atoms with Crippen molar-refractivity contribution in [3.05, 3.63) is 65.0 Å². The van der Waals surface area contributed by atoms with Gasteiger partial charge in [0.25, 0.3) is 5.56 Å². The van der Waals surface area contributed by atoms with Crippen molar-refractivity contribution in [1.82, 2.24) is 9.78 Å². The van der Waals surface area contributed by atoms with E-state index in [1.54, 1.807) is 25.3 Å². The zero-order valence-corrected chi connectivity index (χ0v) is 15.1. The maximum absolute atomic E-state index is 13.0. The van der Waals surface area contributed by atoms with Gasteiger partial charge in [0.1, 0.15) is 11.4 Å². The first kappa shape index (κ1) is 17.5. The molecule has 134 valence electrons. The van der Waals surface area contributed by atoms with Gasteiger partial charge in [0.15, 0.2) is 0 Å². The van der Waals surface area contributed by atoms with Gasteiger partial charge in [0, 0.05) is 19.2 Å². The first-order valence-electron chi connectivity index (χ1n) is 8.40. The highest BCUT2D eigenvalue weighted by atomic mass is 16.5. The van der Waals surface area contributed by atoms with Crippen LogP contribution in [-0.2, 0) is 0 Å². The third-order valence-corrected chi connectivity index (χ3v) is 4.31. The number of aromatic nitrogens is 2. The molecule has 2 aromatic carbocycles. The van der Waals surface area contributed by atoms with E-state index in [4.69, 9.17) is 10.5 Å². The molecule has 0 unspecified atom stereocenters. The van der Waals surface area contributed by atoms with Crippen LogP contribution in [0.3, 0.4) is 0 Å². The summed E-state index contributed by atoms with van der Waals surface area (Å²) in [7, 11) is 3.50. The Balaban J connectivity index is 2.27. The predicted molar refractivity (Wildman–Crippen MR) is 105 cm³/mol. The van der Waals surface area contributed by atoms with E-state index in [1.807, 2.05) is 55.3 Å². The number of nitrogens with two attached hydrogens (primary N) is 1. The molecule has 0 bridgehead atoms. The highest BCUT2D eigenvalue weighted by Crippen LogP contribution is 2.25. The molecule has 3 rings (SSSR count). The van der Waals surface area contributed by atoms with Crippen LogP contribution < -0.4 is 20.9 Å². The number of ether oxygens (including phenoxy) is 1. The Morgan fingerprint density at radius 3 is 2.62 bits per heavy atom. The zero-order valence-electron chi connectivity index (χ0n) is 15.1. The molecule has 0 aliphatic rings. The van der Waals surface area contributed by atoms with E-state index in [9.17, 15) is 4.79 Å². The highest BCUT2D eigenvalue weighted by molar-refractivity contribution is 5.66. The second kappa shape index (κ2) is 7.31. The molecule has 1 heterocycles. The second-order valence-electron chi connectivity index (χ2n) is 5.94. The van der Waals surface area contributed by atoms with Crippen molar-refractivity contribution in [3.63, 3.8) is 0 Å². The van der Waals surface area contributed by atoms with Gasteiger partial charge in [0.05, 0.1) is 24.2 Å². The summed E-state index contributed by atoms with van der Waals surface area (Å²) in [5.41, 5.74) is 9.02. The van der Waals surface area contributed by atoms with Crippen molar-refractivity contribution in [2.75, 3.05) is 31.3 Å².